The van der Waals surface area contributed by atoms with Gasteiger partial charge in [-0.3, -0.25) is 4.90 Å². The molecule has 0 radical (unpaired) electrons. The van der Waals surface area contributed by atoms with E-state index in [2.05, 4.69) is 30.1 Å². The Balaban J connectivity index is 1.43. The van der Waals surface area contributed by atoms with Gasteiger partial charge in [0.05, 0.1) is 32.5 Å². The van der Waals surface area contributed by atoms with E-state index in [0.717, 1.165) is 43.9 Å². The average Bonchev–Trinajstić information content (AvgIpc) is 3.11. The molecule has 0 N–H and O–H groups in total. The third-order valence-corrected chi connectivity index (χ3v) is 4.49. The SMILES string of the molecule is COc1cc(OC)nc(N2CCN(Cn3nnc4ccccc43)CC2)n1. The van der Waals surface area contributed by atoms with E-state index in [9.17, 15) is 0 Å². The van der Waals surface area contributed by atoms with Crippen molar-refractivity contribution in [3.63, 3.8) is 0 Å². The van der Waals surface area contributed by atoms with Crippen LogP contribution in [0, 0.1) is 0 Å². The van der Waals surface area contributed by atoms with E-state index >= 15 is 0 Å². The number of aromatic nitrogens is 5. The summed E-state index contributed by atoms with van der Waals surface area (Å²) in [4.78, 5) is 13.3. The van der Waals surface area contributed by atoms with Gasteiger partial charge in [-0.2, -0.15) is 9.97 Å². The molecule has 26 heavy (non-hydrogen) atoms. The van der Waals surface area contributed by atoms with Crippen molar-refractivity contribution in [3.8, 4) is 11.8 Å². The third-order valence-electron chi connectivity index (χ3n) is 4.49. The van der Waals surface area contributed by atoms with Gasteiger partial charge >= 0.3 is 0 Å². The molecule has 3 heterocycles. The Bertz CT molecular complexity index is 867. The lowest BCUT2D eigenvalue weighted by Crippen LogP contribution is -2.47. The van der Waals surface area contributed by atoms with E-state index in [1.54, 1.807) is 20.3 Å². The van der Waals surface area contributed by atoms with E-state index < -0.39 is 0 Å². The Morgan fingerprint density at radius 2 is 1.65 bits per heavy atom. The highest BCUT2D eigenvalue weighted by Crippen LogP contribution is 2.21. The van der Waals surface area contributed by atoms with E-state index in [1.807, 2.05) is 28.9 Å². The maximum Gasteiger partial charge on any atom is 0.232 e. The largest absolute Gasteiger partial charge is 0.481 e. The molecule has 0 bridgehead atoms. The molecule has 4 rings (SSSR count). The van der Waals surface area contributed by atoms with E-state index in [1.165, 1.54) is 0 Å². The van der Waals surface area contributed by atoms with E-state index in [0.29, 0.717) is 17.7 Å². The van der Waals surface area contributed by atoms with Crippen LogP contribution in [0.5, 0.6) is 11.8 Å². The molecule has 0 unspecified atom stereocenters. The van der Waals surface area contributed by atoms with Gasteiger partial charge in [-0.1, -0.05) is 17.3 Å². The summed E-state index contributed by atoms with van der Waals surface area (Å²) in [5.41, 5.74) is 1.97. The summed E-state index contributed by atoms with van der Waals surface area (Å²) < 4.78 is 12.4. The minimum atomic E-state index is 0.503. The molecule has 0 aliphatic carbocycles. The molecule has 1 aliphatic heterocycles. The number of para-hydroxylation sites is 1. The molecule has 2 aromatic heterocycles. The van der Waals surface area contributed by atoms with Crippen LogP contribution in [-0.4, -0.2) is 70.3 Å². The van der Waals surface area contributed by atoms with Crippen LogP contribution in [0.4, 0.5) is 5.95 Å². The summed E-state index contributed by atoms with van der Waals surface area (Å²) >= 11 is 0. The first-order valence-electron chi connectivity index (χ1n) is 8.49. The van der Waals surface area contributed by atoms with E-state index in [-0.39, 0.29) is 0 Å². The monoisotopic (exact) mass is 355 g/mol. The predicted molar refractivity (Wildman–Crippen MR) is 96.5 cm³/mol. The number of hydrogen-bond donors (Lipinski definition) is 0. The van der Waals surface area contributed by atoms with Crippen molar-refractivity contribution < 1.29 is 9.47 Å². The summed E-state index contributed by atoms with van der Waals surface area (Å²) in [7, 11) is 3.18. The zero-order valence-corrected chi connectivity index (χ0v) is 14.9. The van der Waals surface area contributed by atoms with Crippen LogP contribution in [0.25, 0.3) is 11.0 Å². The average molecular weight is 355 g/mol. The van der Waals surface area contributed by atoms with Crippen molar-refractivity contribution in [1.29, 1.82) is 0 Å². The van der Waals surface area contributed by atoms with Gasteiger partial charge < -0.3 is 14.4 Å². The zero-order valence-electron chi connectivity index (χ0n) is 14.9. The Kier molecular flexibility index (Phi) is 4.53. The molecule has 9 nitrogen and oxygen atoms in total. The van der Waals surface area contributed by atoms with Crippen LogP contribution in [-0.2, 0) is 6.67 Å². The molecule has 0 atom stereocenters. The molecular formula is C17H21N7O2. The molecule has 1 fully saturated rings. The Morgan fingerprint density at radius 3 is 2.35 bits per heavy atom. The molecular weight excluding hydrogens is 334 g/mol. The molecule has 0 saturated carbocycles. The van der Waals surface area contributed by atoms with Crippen molar-refractivity contribution in [1.82, 2.24) is 29.9 Å². The molecule has 0 amide bonds. The highest BCUT2D eigenvalue weighted by molar-refractivity contribution is 5.73. The lowest BCUT2D eigenvalue weighted by atomic mass is 10.3. The van der Waals surface area contributed by atoms with Crippen molar-refractivity contribution in [2.75, 3.05) is 45.3 Å². The van der Waals surface area contributed by atoms with Gasteiger partial charge in [-0.15, -0.1) is 5.10 Å². The van der Waals surface area contributed by atoms with Gasteiger partial charge in [0, 0.05) is 26.2 Å². The summed E-state index contributed by atoms with van der Waals surface area (Å²) in [6.45, 7) is 4.14. The highest BCUT2D eigenvalue weighted by atomic mass is 16.5. The second-order valence-corrected chi connectivity index (χ2v) is 6.08. The zero-order chi connectivity index (χ0) is 17.9. The number of ether oxygens (including phenoxy) is 2. The number of benzene rings is 1. The number of hydrogen-bond acceptors (Lipinski definition) is 8. The van der Waals surface area contributed by atoms with Gasteiger partial charge in [-0.05, 0) is 12.1 Å². The number of piperazine rings is 1. The Hall–Kier alpha value is -2.94. The Labute approximate surface area is 151 Å². The first-order chi connectivity index (χ1) is 12.8. The number of fused-ring (bicyclic) bond motifs is 1. The van der Waals surface area contributed by atoms with Crippen LogP contribution < -0.4 is 14.4 Å². The molecule has 3 aromatic rings. The van der Waals surface area contributed by atoms with Crippen molar-refractivity contribution in [2.45, 2.75) is 6.67 Å². The fraction of sp³-hybridized carbons (Fsp3) is 0.412. The van der Waals surface area contributed by atoms with Gasteiger partial charge in [0.1, 0.15) is 5.52 Å². The lowest BCUT2D eigenvalue weighted by molar-refractivity contribution is 0.196. The van der Waals surface area contributed by atoms with Crippen LogP contribution in [0.3, 0.4) is 0 Å². The molecule has 9 heteroatoms. The van der Waals surface area contributed by atoms with Crippen LogP contribution in [0.2, 0.25) is 0 Å². The van der Waals surface area contributed by atoms with Crippen LogP contribution in [0.1, 0.15) is 0 Å². The summed E-state index contributed by atoms with van der Waals surface area (Å²) in [5.74, 6) is 1.64. The third kappa shape index (κ3) is 3.25. The number of rotatable bonds is 5. The van der Waals surface area contributed by atoms with Crippen LogP contribution >= 0.6 is 0 Å². The summed E-state index contributed by atoms with van der Waals surface area (Å²) in [6, 6.07) is 9.68. The summed E-state index contributed by atoms with van der Waals surface area (Å²) in [6.07, 6.45) is 0. The molecule has 0 spiro atoms. The fourth-order valence-electron chi connectivity index (χ4n) is 3.04. The van der Waals surface area contributed by atoms with Crippen molar-refractivity contribution in [3.05, 3.63) is 30.3 Å². The van der Waals surface area contributed by atoms with Gasteiger partial charge in [-0.25, -0.2) is 4.68 Å². The molecule has 1 aromatic carbocycles. The van der Waals surface area contributed by atoms with Crippen molar-refractivity contribution in [2.24, 2.45) is 0 Å². The maximum absolute atomic E-state index is 5.23. The minimum Gasteiger partial charge on any atom is -0.481 e. The standard InChI is InChI=1S/C17H21N7O2/c1-25-15-11-16(26-2)19-17(18-15)23-9-7-22(8-10-23)12-24-14-6-4-3-5-13(14)20-21-24/h3-6,11H,7-10,12H2,1-2H3. The number of anilines is 1. The topological polar surface area (TPSA) is 81.4 Å². The fourth-order valence-corrected chi connectivity index (χ4v) is 3.04. The second kappa shape index (κ2) is 7.12. The maximum atomic E-state index is 5.23. The highest BCUT2D eigenvalue weighted by Gasteiger charge is 2.21. The first kappa shape index (κ1) is 16.5. The lowest BCUT2D eigenvalue weighted by Gasteiger charge is -2.34. The quantitative estimate of drug-likeness (QED) is 0.671. The smallest absolute Gasteiger partial charge is 0.232 e. The van der Waals surface area contributed by atoms with Gasteiger partial charge in [0.15, 0.2) is 0 Å². The molecule has 1 aliphatic rings. The normalized spacial score (nSPS) is 15.4. The van der Waals surface area contributed by atoms with Gasteiger partial charge in [0.2, 0.25) is 17.7 Å². The van der Waals surface area contributed by atoms with Crippen molar-refractivity contribution >= 4 is 17.0 Å². The first-order valence-corrected chi connectivity index (χ1v) is 8.49. The molecule has 1 saturated heterocycles. The number of methoxy groups -OCH3 is 2. The number of nitrogens with zero attached hydrogens (tertiary/aromatic N) is 7. The second-order valence-electron chi connectivity index (χ2n) is 6.08. The van der Waals surface area contributed by atoms with Gasteiger partial charge in [0.25, 0.3) is 0 Å². The Morgan fingerprint density at radius 1 is 0.962 bits per heavy atom. The predicted octanol–water partition coefficient (Wildman–Crippen LogP) is 1.02. The minimum absolute atomic E-state index is 0.503. The molecule has 136 valence electrons. The van der Waals surface area contributed by atoms with E-state index in [4.69, 9.17) is 9.47 Å². The van der Waals surface area contributed by atoms with Crippen LogP contribution in [0.15, 0.2) is 30.3 Å². The summed E-state index contributed by atoms with van der Waals surface area (Å²) in [5, 5.41) is 8.48.